The van der Waals surface area contributed by atoms with Crippen LogP contribution in [0.5, 0.6) is 0 Å². The second-order valence-corrected chi connectivity index (χ2v) is 7.99. The number of benzene rings is 4. The maximum absolute atomic E-state index is 5.99. The van der Waals surface area contributed by atoms with Crippen LogP contribution >= 0.6 is 15.9 Å². The van der Waals surface area contributed by atoms with Gasteiger partial charge in [-0.2, -0.15) is 0 Å². The first kappa shape index (κ1) is 13.4. The molecule has 6 rings (SSSR count). The van der Waals surface area contributed by atoms with Crippen LogP contribution in [-0.4, -0.2) is 6.10 Å². The molecule has 0 radical (unpaired) electrons. The Hall–Kier alpha value is -1.90. The lowest BCUT2D eigenvalue weighted by Gasteiger charge is -2.23. The quantitative estimate of drug-likeness (QED) is 0.196. The molecule has 1 fully saturated rings. The zero-order valence-corrected chi connectivity index (χ0v) is 14.6. The van der Waals surface area contributed by atoms with Gasteiger partial charge in [0.2, 0.25) is 0 Å². The molecule has 116 valence electrons. The molecule has 0 spiro atoms. The maximum Gasteiger partial charge on any atom is 0.110 e. The van der Waals surface area contributed by atoms with Crippen molar-refractivity contribution in [3.05, 3.63) is 71.8 Å². The van der Waals surface area contributed by atoms with E-state index in [2.05, 4.69) is 76.6 Å². The highest BCUT2D eigenvalue weighted by atomic mass is 79.9. The number of rotatable bonds is 0. The van der Waals surface area contributed by atoms with Gasteiger partial charge in [-0.15, -0.1) is 0 Å². The molecule has 24 heavy (non-hydrogen) atoms. The van der Waals surface area contributed by atoms with E-state index in [9.17, 15) is 0 Å². The van der Waals surface area contributed by atoms with Crippen LogP contribution in [0, 0.1) is 0 Å². The second kappa shape index (κ2) is 4.59. The van der Waals surface area contributed by atoms with Gasteiger partial charge >= 0.3 is 0 Å². The topological polar surface area (TPSA) is 12.5 Å². The fraction of sp³-hybridized carbons (Fsp3) is 0.182. The first-order valence-corrected chi connectivity index (χ1v) is 9.40. The number of halogens is 1. The molecular formula is C22H15BrO. The van der Waals surface area contributed by atoms with Crippen LogP contribution < -0.4 is 0 Å². The Morgan fingerprint density at radius 1 is 0.750 bits per heavy atom. The molecule has 0 aromatic heterocycles. The summed E-state index contributed by atoms with van der Waals surface area (Å²) in [4.78, 5) is 0.365. The first-order valence-electron chi connectivity index (χ1n) is 8.48. The Bertz CT molecular complexity index is 1150. The summed E-state index contributed by atoms with van der Waals surface area (Å²) < 4.78 is 5.99. The molecule has 1 aliphatic carbocycles. The number of alkyl halides is 1. The monoisotopic (exact) mass is 374 g/mol. The molecule has 1 saturated heterocycles. The van der Waals surface area contributed by atoms with Gasteiger partial charge in [-0.25, -0.2) is 0 Å². The molecule has 1 unspecified atom stereocenters. The SMILES string of the molecule is BrC1C[C@@H]2O[C@@H]2c2c1c1ccc3ccccc3c1c1ccccc21. The average molecular weight is 375 g/mol. The van der Waals surface area contributed by atoms with Gasteiger partial charge in [-0.05, 0) is 49.9 Å². The summed E-state index contributed by atoms with van der Waals surface area (Å²) in [6, 6.07) is 22.1. The normalized spacial score (nSPS) is 25.0. The number of epoxide rings is 1. The van der Waals surface area contributed by atoms with Gasteiger partial charge in [0.15, 0.2) is 0 Å². The van der Waals surface area contributed by atoms with Crippen LogP contribution in [0.15, 0.2) is 60.7 Å². The van der Waals surface area contributed by atoms with Gasteiger partial charge in [0.05, 0.1) is 6.10 Å². The Labute approximate surface area is 148 Å². The fourth-order valence-electron chi connectivity index (χ4n) is 4.55. The lowest BCUT2D eigenvalue weighted by molar-refractivity contribution is 0.373. The predicted molar refractivity (Wildman–Crippen MR) is 103 cm³/mol. The molecule has 4 aromatic rings. The number of ether oxygens (including phenoxy) is 1. The van der Waals surface area contributed by atoms with Crippen LogP contribution in [-0.2, 0) is 4.74 Å². The van der Waals surface area contributed by atoms with E-state index in [1.54, 1.807) is 0 Å². The summed E-state index contributed by atoms with van der Waals surface area (Å²) in [5, 5.41) is 8.10. The molecule has 2 heteroatoms. The minimum Gasteiger partial charge on any atom is -0.364 e. The minimum absolute atomic E-state index is 0.287. The van der Waals surface area contributed by atoms with Crippen molar-refractivity contribution >= 4 is 48.2 Å². The van der Waals surface area contributed by atoms with Crippen LogP contribution in [0.2, 0.25) is 0 Å². The van der Waals surface area contributed by atoms with E-state index in [1.165, 1.54) is 43.4 Å². The molecule has 1 heterocycles. The van der Waals surface area contributed by atoms with E-state index in [0.29, 0.717) is 10.9 Å². The molecule has 0 N–H and O–H groups in total. The van der Waals surface area contributed by atoms with Crippen LogP contribution in [0.4, 0.5) is 0 Å². The van der Waals surface area contributed by atoms with E-state index in [1.807, 2.05) is 0 Å². The Morgan fingerprint density at radius 2 is 1.50 bits per heavy atom. The van der Waals surface area contributed by atoms with E-state index in [-0.39, 0.29) is 6.10 Å². The van der Waals surface area contributed by atoms with Crippen molar-refractivity contribution in [3.63, 3.8) is 0 Å². The minimum atomic E-state index is 0.287. The van der Waals surface area contributed by atoms with Crippen molar-refractivity contribution in [2.45, 2.75) is 23.5 Å². The summed E-state index contributed by atoms with van der Waals surface area (Å²) in [5.74, 6) is 0. The third-order valence-electron chi connectivity index (χ3n) is 5.62. The van der Waals surface area contributed by atoms with Crippen molar-refractivity contribution < 1.29 is 4.74 Å². The van der Waals surface area contributed by atoms with Gasteiger partial charge in [0.1, 0.15) is 6.10 Å². The molecule has 0 amide bonds. The molecule has 3 atom stereocenters. The van der Waals surface area contributed by atoms with Gasteiger partial charge in [-0.3, -0.25) is 0 Å². The van der Waals surface area contributed by atoms with Crippen LogP contribution in [0.25, 0.3) is 32.3 Å². The highest BCUT2D eigenvalue weighted by Crippen LogP contribution is 2.57. The zero-order valence-electron chi connectivity index (χ0n) is 13.0. The molecule has 0 bridgehead atoms. The third kappa shape index (κ3) is 1.63. The standard InChI is InChI=1S/C22H15BrO/c23-17-11-18-22(24-18)21-15-8-4-3-7-14(15)19-13-6-2-1-5-12(13)9-10-16(19)20(17)21/h1-10,17-18,22H,11H2/t17?,18-,22-/m0/s1. The lowest BCUT2D eigenvalue weighted by atomic mass is 9.82. The summed E-state index contributed by atoms with van der Waals surface area (Å²) in [6.45, 7) is 0. The molecular weight excluding hydrogens is 360 g/mol. The van der Waals surface area contributed by atoms with Gasteiger partial charge in [0, 0.05) is 4.83 Å². The summed E-state index contributed by atoms with van der Waals surface area (Å²) in [7, 11) is 0. The maximum atomic E-state index is 5.99. The number of hydrogen-bond acceptors (Lipinski definition) is 1. The fourth-order valence-corrected chi connectivity index (χ4v) is 5.42. The van der Waals surface area contributed by atoms with E-state index in [0.717, 1.165) is 6.42 Å². The average Bonchev–Trinajstić information content (AvgIpc) is 3.39. The zero-order chi connectivity index (χ0) is 15.8. The lowest BCUT2D eigenvalue weighted by Crippen LogP contribution is -2.08. The molecule has 0 saturated carbocycles. The highest BCUT2D eigenvalue weighted by Gasteiger charge is 2.48. The largest absolute Gasteiger partial charge is 0.364 e. The van der Waals surface area contributed by atoms with Crippen molar-refractivity contribution in [1.82, 2.24) is 0 Å². The van der Waals surface area contributed by atoms with Crippen molar-refractivity contribution in [3.8, 4) is 0 Å². The Balaban J connectivity index is 1.93. The first-order chi connectivity index (χ1) is 11.8. The Morgan fingerprint density at radius 3 is 2.38 bits per heavy atom. The van der Waals surface area contributed by atoms with Crippen molar-refractivity contribution in [2.75, 3.05) is 0 Å². The van der Waals surface area contributed by atoms with E-state index < -0.39 is 0 Å². The van der Waals surface area contributed by atoms with E-state index in [4.69, 9.17) is 4.74 Å². The van der Waals surface area contributed by atoms with E-state index >= 15 is 0 Å². The second-order valence-electron chi connectivity index (χ2n) is 6.88. The van der Waals surface area contributed by atoms with Crippen LogP contribution in [0.3, 0.4) is 0 Å². The number of hydrogen-bond donors (Lipinski definition) is 0. The summed E-state index contributed by atoms with van der Waals surface area (Å²) in [5.41, 5.74) is 2.85. The molecule has 1 aliphatic heterocycles. The van der Waals surface area contributed by atoms with Gasteiger partial charge in [-0.1, -0.05) is 76.6 Å². The molecule has 2 aliphatic rings. The third-order valence-corrected chi connectivity index (χ3v) is 6.45. The Kier molecular flexibility index (Phi) is 2.56. The van der Waals surface area contributed by atoms with Crippen LogP contribution in [0.1, 0.15) is 28.5 Å². The molecule has 1 nitrogen and oxygen atoms in total. The van der Waals surface area contributed by atoms with Gasteiger partial charge in [0.25, 0.3) is 0 Å². The highest BCUT2D eigenvalue weighted by molar-refractivity contribution is 9.09. The van der Waals surface area contributed by atoms with Crippen molar-refractivity contribution in [2.24, 2.45) is 0 Å². The number of fused-ring (bicyclic) bond motifs is 10. The van der Waals surface area contributed by atoms with Gasteiger partial charge < -0.3 is 4.74 Å². The predicted octanol–water partition coefficient (Wildman–Crippen LogP) is 6.43. The van der Waals surface area contributed by atoms with Crippen molar-refractivity contribution in [1.29, 1.82) is 0 Å². The molecule has 4 aromatic carbocycles. The smallest absolute Gasteiger partial charge is 0.110 e. The summed E-state index contributed by atoms with van der Waals surface area (Å²) in [6.07, 6.45) is 1.75. The summed E-state index contributed by atoms with van der Waals surface area (Å²) >= 11 is 3.95.